The fraction of sp³-hybridized carbons (Fsp3) is 0.500. The molecule has 0 radical (unpaired) electrons. The van der Waals surface area contributed by atoms with Crippen molar-refractivity contribution >= 4 is 9.81 Å². The zero-order valence-corrected chi connectivity index (χ0v) is 11.8. The van der Waals surface area contributed by atoms with Gasteiger partial charge < -0.3 is 5.73 Å². The van der Waals surface area contributed by atoms with Crippen LogP contribution in [0.2, 0.25) is 0 Å². The summed E-state index contributed by atoms with van der Waals surface area (Å²) in [5.41, 5.74) is 5.21. The Morgan fingerprint density at radius 3 is 2.70 bits per heavy atom. The summed E-state index contributed by atoms with van der Waals surface area (Å²) in [6.45, 7) is 0.299. The molecule has 1 aliphatic heterocycles. The minimum atomic E-state index is -2.93. The first-order valence-corrected chi connectivity index (χ1v) is 7.80. The van der Waals surface area contributed by atoms with Crippen molar-refractivity contribution < 1.29 is 13.2 Å². The van der Waals surface area contributed by atoms with E-state index in [1.165, 1.54) is 12.1 Å². The quantitative estimate of drug-likeness (QED) is 0.801. The first kappa shape index (κ1) is 15.3. The van der Waals surface area contributed by atoms with E-state index >= 15 is 0 Å². The van der Waals surface area contributed by atoms with Crippen LogP contribution in [0.15, 0.2) is 28.6 Å². The Labute approximate surface area is 116 Å². The average Bonchev–Trinajstić information content (AvgIpc) is 2.33. The van der Waals surface area contributed by atoms with E-state index < -0.39 is 40.2 Å². The van der Waals surface area contributed by atoms with Gasteiger partial charge in [0.25, 0.3) is 5.92 Å². The van der Waals surface area contributed by atoms with E-state index in [1.807, 2.05) is 0 Å². The molecule has 1 aromatic carbocycles. The summed E-state index contributed by atoms with van der Waals surface area (Å²) < 4.78 is 54.2. The van der Waals surface area contributed by atoms with E-state index in [4.69, 9.17) is 10.5 Å². The van der Waals surface area contributed by atoms with Crippen LogP contribution >= 0.6 is 0 Å². The van der Waals surface area contributed by atoms with E-state index in [0.717, 1.165) is 0 Å². The molecular formula is C12H17F3N4S. The second kappa shape index (κ2) is 5.01. The van der Waals surface area contributed by atoms with Crippen LogP contribution in [-0.2, 0) is 15.3 Å². The van der Waals surface area contributed by atoms with Crippen LogP contribution in [0.3, 0.4) is 0 Å². The molecule has 4 nitrogen and oxygen atoms in total. The lowest BCUT2D eigenvalue weighted by Crippen LogP contribution is -2.49. The molecule has 20 heavy (non-hydrogen) atoms. The van der Waals surface area contributed by atoms with Crippen molar-refractivity contribution in [3.63, 3.8) is 0 Å². The van der Waals surface area contributed by atoms with Gasteiger partial charge in [-0.1, -0.05) is 18.2 Å². The number of hydrogen-bond acceptors (Lipinski definition) is 3. The molecule has 2 rings (SSSR count). The van der Waals surface area contributed by atoms with Crippen LogP contribution in [0.4, 0.5) is 13.2 Å². The van der Waals surface area contributed by atoms with Gasteiger partial charge in [-0.15, -0.1) is 0 Å². The maximum atomic E-state index is 13.8. The maximum absolute atomic E-state index is 13.8. The molecule has 0 aromatic heterocycles. The lowest BCUT2D eigenvalue weighted by Gasteiger charge is -2.32. The van der Waals surface area contributed by atoms with Crippen LogP contribution < -0.4 is 10.5 Å². The highest BCUT2D eigenvalue weighted by Crippen LogP contribution is 2.26. The zero-order valence-electron chi connectivity index (χ0n) is 11.0. The first-order chi connectivity index (χ1) is 9.14. The van der Waals surface area contributed by atoms with Gasteiger partial charge in [-0.05, 0) is 22.8 Å². The predicted octanol–water partition coefficient (Wildman–Crippen LogP) is 2.25. The molecule has 1 unspecified atom stereocenters. The highest BCUT2D eigenvalue weighted by atomic mass is 32.2. The number of rotatable bonds is 3. The minimum Gasteiger partial charge on any atom is -0.321 e. The second-order valence-corrected chi connectivity index (χ2v) is 7.45. The Morgan fingerprint density at radius 2 is 2.15 bits per heavy atom. The van der Waals surface area contributed by atoms with E-state index in [0.29, 0.717) is 0 Å². The summed E-state index contributed by atoms with van der Waals surface area (Å²) in [4.78, 5) is 0. The third-order valence-corrected chi connectivity index (χ3v) is 5.29. The van der Waals surface area contributed by atoms with E-state index in [1.54, 1.807) is 19.1 Å². The molecule has 0 spiro atoms. The Bertz CT molecular complexity index is 621. The number of nitrogens with zero attached hydrogens (tertiary/aromatic N) is 1. The molecular weight excluding hydrogens is 289 g/mol. The third-order valence-electron chi connectivity index (χ3n) is 3.08. The number of nitrogens with two attached hydrogens (primary N) is 1. The number of nitrogens with one attached hydrogen (secondary N) is 2. The van der Waals surface area contributed by atoms with Gasteiger partial charge in [0.05, 0.1) is 12.1 Å². The number of hydrogen-bond donors (Lipinski definition) is 3. The maximum Gasteiger partial charge on any atom is 0.281 e. The van der Waals surface area contributed by atoms with Crippen molar-refractivity contribution in [1.29, 1.82) is 4.78 Å². The fourth-order valence-electron chi connectivity index (χ4n) is 2.06. The fourth-order valence-corrected chi connectivity index (χ4v) is 4.23. The summed E-state index contributed by atoms with van der Waals surface area (Å²) in [7, 11) is -2.58. The van der Waals surface area contributed by atoms with Crippen LogP contribution in [0.1, 0.15) is 12.5 Å². The molecule has 1 aromatic rings. The predicted molar refractivity (Wildman–Crippen MR) is 73.1 cm³/mol. The average molecular weight is 306 g/mol. The Balaban J connectivity index is 2.28. The number of halogens is 3. The van der Waals surface area contributed by atoms with Crippen molar-refractivity contribution in [2.24, 2.45) is 10.1 Å². The van der Waals surface area contributed by atoms with Crippen LogP contribution in [0, 0.1) is 10.6 Å². The van der Waals surface area contributed by atoms with Gasteiger partial charge in [0.1, 0.15) is 12.4 Å². The largest absolute Gasteiger partial charge is 0.321 e. The third kappa shape index (κ3) is 3.31. The minimum absolute atomic E-state index is 0.0169. The smallest absolute Gasteiger partial charge is 0.281 e. The SMILES string of the molecule is C[C@](N)(CS1(=N)=NCC(F)(F)CN1)c1ccccc1F. The topological polar surface area (TPSA) is 74.3 Å². The molecule has 0 saturated heterocycles. The number of benzene rings is 1. The van der Waals surface area contributed by atoms with Crippen LogP contribution in [0.25, 0.3) is 0 Å². The molecule has 112 valence electrons. The molecule has 2 atom stereocenters. The molecule has 0 amide bonds. The number of alkyl halides is 2. The molecule has 1 heterocycles. The highest BCUT2D eigenvalue weighted by molar-refractivity contribution is 7.92. The Kier molecular flexibility index (Phi) is 3.83. The van der Waals surface area contributed by atoms with E-state index in [9.17, 15) is 13.2 Å². The van der Waals surface area contributed by atoms with E-state index in [-0.39, 0.29) is 11.3 Å². The van der Waals surface area contributed by atoms with Crippen molar-refractivity contribution in [2.75, 3.05) is 18.8 Å². The summed E-state index contributed by atoms with van der Waals surface area (Å²) in [6, 6.07) is 6.01. The molecule has 4 N–H and O–H groups in total. The molecule has 0 bridgehead atoms. The van der Waals surface area contributed by atoms with Crippen LogP contribution in [-0.4, -0.2) is 24.8 Å². The van der Waals surface area contributed by atoms with Gasteiger partial charge in [-0.3, -0.25) is 4.78 Å². The van der Waals surface area contributed by atoms with Crippen molar-refractivity contribution in [3.05, 3.63) is 35.6 Å². The van der Waals surface area contributed by atoms with Gasteiger partial charge in [-0.2, -0.15) is 0 Å². The van der Waals surface area contributed by atoms with Crippen molar-refractivity contribution in [3.8, 4) is 0 Å². The molecule has 0 aliphatic carbocycles. The normalized spacial score (nSPS) is 28.4. The summed E-state index contributed by atoms with van der Waals surface area (Å²) in [5.74, 6) is -3.42. The standard InChI is InChI=1S/C12H17F3N4S/c1-11(16,9-4-2-3-5-10(9)13)8-20(17)18-6-12(14,15)7-19-20/h2-5H,6-8,16H2,1H3,(H2,17,18,19)/t11-/m0/s1. The van der Waals surface area contributed by atoms with Gasteiger partial charge in [0, 0.05) is 11.3 Å². The lowest BCUT2D eigenvalue weighted by atomic mass is 9.95. The van der Waals surface area contributed by atoms with Crippen molar-refractivity contribution in [1.82, 2.24) is 4.72 Å². The molecule has 0 saturated carbocycles. The summed E-state index contributed by atoms with van der Waals surface area (Å²) >= 11 is 0. The lowest BCUT2D eigenvalue weighted by molar-refractivity contribution is 0.0155. The van der Waals surface area contributed by atoms with Gasteiger partial charge in [0.15, 0.2) is 0 Å². The Hall–Kier alpha value is -1.12. The first-order valence-electron chi connectivity index (χ1n) is 6.04. The molecule has 1 aliphatic rings. The highest BCUT2D eigenvalue weighted by Gasteiger charge is 2.36. The summed E-state index contributed by atoms with van der Waals surface area (Å²) in [5, 5.41) is 0. The van der Waals surface area contributed by atoms with E-state index in [2.05, 4.69) is 9.08 Å². The molecule has 0 fully saturated rings. The molecule has 8 heteroatoms. The van der Waals surface area contributed by atoms with Crippen molar-refractivity contribution in [2.45, 2.75) is 18.4 Å². The van der Waals surface area contributed by atoms with Gasteiger partial charge >= 0.3 is 0 Å². The summed E-state index contributed by atoms with van der Waals surface area (Å²) in [6.07, 6.45) is 0. The van der Waals surface area contributed by atoms with Crippen LogP contribution in [0.5, 0.6) is 0 Å². The Morgan fingerprint density at radius 1 is 1.50 bits per heavy atom. The van der Waals surface area contributed by atoms with Gasteiger partial charge in [-0.25, -0.2) is 22.3 Å². The monoisotopic (exact) mass is 306 g/mol. The van der Waals surface area contributed by atoms with Gasteiger partial charge in [0.2, 0.25) is 0 Å². The zero-order chi connectivity index (χ0) is 15.0. The second-order valence-electron chi connectivity index (χ2n) is 5.21.